The minimum absolute atomic E-state index is 0.134. The number of benzene rings is 3. The van der Waals surface area contributed by atoms with Crippen LogP contribution in [0.1, 0.15) is 29.8 Å². The molecule has 0 saturated heterocycles. The van der Waals surface area contributed by atoms with Gasteiger partial charge in [0.05, 0.1) is 11.0 Å². The van der Waals surface area contributed by atoms with Gasteiger partial charge in [-0.3, -0.25) is 9.36 Å². The van der Waals surface area contributed by atoms with E-state index in [0.29, 0.717) is 5.56 Å². The lowest BCUT2D eigenvalue weighted by atomic mass is 10.1. The van der Waals surface area contributed by atoms with E-state index in [4.69, 9.17) is 0 Å². The molecule has 30 heavy (non-hydrogen) atoms. The first-order chi connectivity index (χ1) is 14.6. The smallest absolute Gasteiger partial charge is 0.255 e. The van der Waals surface area contributed by atoms with E-state index in [0.717, 1.165) is 41.1 Å². The Labute approximate surface area is 177 Å². The largest absolute Gasteiger partial charge is 0.372 e. The first-order valence-electron chi connectivity index (χ1n) is 10.3. The fraction of sp³-hybridized carbons (Fsp3) is 0.200. The predicted octanol–water partition coefficient (Wildman–Crippen LogP) is 5.43. The summed E-state index contributed by atoms with van der Waals surface area (Å²) in [6.07, 6.45) is 1.79. The number of hydrogen-bond acceptors (Lipinski definition) is 3. The molecule has 0 aliphatic carbocycles. The molecule has 0 saturated carbocycles. The summed E-state index contributed by atoms with van der Waals surface area (Å²) in [6.45, 7) is 8.22. The molecule has 0 aliphatic rings. The average molecular weight is 399 g/mol. The van der Waals surface area contributed by atoms with E-state index in [1.54, 1.807) is 6.33 Å². The van der Waals surface area contributed by atoms with E-state index in [1.165, 1.54) is 5.69 Å². The maximum atomic E-state index is 12.9. The van der Waals surface area contributed by atoms with E-state index in [2.05, 4.69) is 41.2 Å². The molecule has 1 N–H and O–H groups in total. The van der Waals surface area contributed by atoms with Crippen molar-refractivity contribution in [1.82, 2.24) is 9.55 Å². The lowest BCUT2D eigenvalue weighted by molar-refractivity contribution is 0.102. The van der Waals surface area contributed by atoms with Crippen molar-refractivity contribution in [2.24, 2.45) is 0 Å². The number of nitrogens with one attached hydrogen (secondary N) is 1. The molecule has 0 atom stereocenters. The molecule has 0 aliphatic heterocycles. The average Bonchev–Trinajstić information content (AvgIpc) is 3.20. The number of fused-ring (bicyclic) bond motifs is 1. The van der Waals surface area contributed by atoms with Crippen LogP contribution in [0.15, 0.2) is 73.1 Å². The van der Waals surface area contributed by atoms with E-state index >= 15 is 0 Å². The molecule has 1 aromatic heterocycles. The fourth-order valence-corrected chi connectivity index (χ4v) is 3.72. The summed E-state index contributed by atoms with van der Waals surface area (Å²) in [5.74, 6) is -0.134. The minimum Gasteiger partial charge on any atom is -0.372 e. The molecule has 1 amide bonds. The van der Waals surface area contributed by atoms with Gasteiger partial charge < -0.3 is 10.2 Å². The van der Waals surface area contributed by atoms with E-state index in [1.807, 2.05) is 66.1 Å². The third-order valence-corrected chi connectivity index (χ3v) is 5.43. The zero-order valence-electron chi connectivity index (χ0n) is 17.6. The van der Waals surface area contributed by atoms with Crippen molar-refractivity contribution < 1.29 is 4.79 Å². The van der Waals surface area contributed by atoms with Crippen LogP contribution >= 0.6 is 0 Å². The van der Waals surface area contributed by atoms with Crippen LogP contribution in [0.25, 0.3) is 16.7 Å². The second-order valence-corrected chi connectivity index (χ2v) is 7.28. The molecule has 0 radical (unpaired) electrons. The van der Waals surface area contributed by atoms with Gasteiger partial charge in [0, 0.05) is 35.7 Å². The molecule has 4 rings (SSSR count). The highest BCUT2D eigenvalue weighted by Crippen LogP contribution is 2.24. The first-order valence-corrected chi connectivity index (χ1v) is 10.3. The lowest BCUT2D eigenvalue weighted by Crippen LogP contribution is -2.22. The monoisotopic (exact) mass is 398 g/mol. The summed E-state index contributed by atoms with van der Waals surface area (Å²) in [7, 11) is 0. The number of anilines is 2. The Morgan fingerprint density at radius 2 is 1.77 bits per heavy atom. The van der Waals surface area contributed by atoms with Crippen molar-refractivity contribution in [3.63, 3.8) is 0 Å². The highest BCUT2D eigenvalue weighted by Gasteiger charge is 2.12. The third-order valence-electron chi connectivity index (χ3n) is 5.43. The van der Waals surface area contributed by atoms with Crippen molar-refractivity contribution >= 4 is 28.3 Å². The van der Waals surface area contributed by atoms with Crippen LogP contribution in [-0.4, -0.2) is 28.5 Å². The first kappa shape index (κ1) is 19.7. The van der Waals surface area contributed by atoms with Gasteiger partial charge in [0.25, 0.3) is 5.91 Å². The third kappa shape index (κ3) is 3.79. The highest BCUT2D eigenvalue weighted by atomic mass is 16.1. The van der Waals surface area contributed by atoms with Crippen molar-refractivity contribution in [2.75, 3.05) is 23.3 Å². The highest BCUT2D eigenvalue weighted by molar-refractivity contribution is 6.06. The van der Waals surface area contributed by atoms with Crippen LogP contribution in [0.4, 0.5) is 11.4 Å². The van der Waals surface area contributed by atoms with Crippen molar-refractivity contribution in [3.8, 4) is 5.69 Å². The van der Waals surface area contributed by atoms with E-state index < -0.39 is 0 Å². The van der Waals surface area contributed by atoms with Gasteiger partial charge in [-0.1, -0.05) is 18.2 Å². The molecular weight excluding hydrogens is 372 g/mol. The zero-order valence-corrected chi connectivity index (χ0v) is 17.6. The van der Waals surface area contributed by atoms with Gasteiger partial charge in [-0.25, -0.2) is 4.98 Å². The number of carbonyl (C=O) groups excluding carboxylic acids is 1. The molecular formula is C25H26N4O. The summed E-state index contributed by atoms with van der Waals surface area (Å²) in [4.78, 5) is 19.6. The number of aryl methyl sites for hydroxylation is 1. The lowest BCUT2D eigenvalue weighted by Gasteiger charge is -2.22. The number of hydrogen-bond donors (Lipinski definition) is 1. The van der Waals surface area contributed by atoms with Gasteiger partial charge in [0.2, 0.25) is 0 Å². The Morgan fingerprint density at radius 1 is 1.00 bits per heavy atom. The van der Waals surface area contributed by atoms with Gasteiger partial charge >= 0.3 is 0 Å². The van der Waals surface area contributed by atoms with Crippen molar-refractivity contribution in [2.45, 2.75) is 20.8 Å². The molecule has 0 unspecified atom stereocenters. The number of rotatable bonds is 6. The maximum Gasteiger partial charge on any atom is 0.255 e. The summed E-state index contributed by atoms with van der Waals surface area (Å²) >= 11 is 0. The van der Waals surface area contributed by atoms with Crippen LogP contribution in [0.3, 0.4) is 0 Å². The van der Waals surface area contributed by atoms with Gasteiger partial charge in [0.1, 0.15) is 6.33 Å². The van der Waals surface area contributed by atoms with Crippen LogP contribution in [0, 0.1) is 6.92 Å². The zero-order chi connectivity index (χ0) is 21.1. The molecule has 5 heteroatoms. The van der Waals surface area contributed by atoms with Gasteiger partial charge in [-0.05, 0) is 74.9 Å². The molecule has 152 valence electrons. The molecule has 3 aromatic carbocycles. The van der Waals surface area contributed by atoms with Crippen molar-refractivity contribution in [1.29, 1.82) is 0 Å². The fourth-order valence-electron chi connectivity index (χ4n) is 3.72. The maximum absolute atomic E-state index is 12.9. The quantitative estimate of drug-likeness (QED) is 0.471. The standard InChI is InChI=1S/C25H26N4O/c1-4-28(5-2)21-12-13-22(18(3)15-21)27-25(30)19-11-14-24-23(16-19)26-17-29(24)20-9-7-6-8-10-20/h6-17H,4-5H2,1-3H3,(H,27,30). The second-order valence-electron chi connectivity index (χ2n) is 7.28. The molecule has 4 aromatic rings. The topological polar surface area (TPSA) is 50.2 Å². The number of carbonyl (C=O) groups is 1. The Balaban J connectivity index is 1.57. The second kappa shape index (κ2) is 8.41. The summed E-state index contributed by atoms with van der Waals surface area (Å²) in [6, 6.07) is 21.8. The minimum atomic E-state index is -0.134. The molecule has 0 bridgehead atoms. The van der Waals surface area contributed by atoms with Gasteiger partial charge in [-0.15, -0.1) is 0 Å². The SMILES string of the molecule is CCN(CC)c1ccc(NC(=O)c2ccc3c(c2)ncn3-c2ccccc2)c(C)c1. The normalized spacial score (nSPS) is 10.9. The summed E-state index contributed by atoms with van der Waals surface area (Å²) in [5, 5.41) is 3.04. The molecule has 0 fully saturated rings. The predicted molar refractivity (Wildman–Crippen MR) is 124 cm³/mol. The number of para-hydroxylation sites is 1. The Hall–Kier alpha value is -3.60. The Kier molecular flexibility index (Phi) is 5.53. The molecule has 1 heterocycles. The van der Waals surface area contributed by atoms with Crippen LogP contribution < -0.4 is 10.2 Å². The molecule has 0 spiro atoms. The van der Waals surface area contributed by atoms with Crippen molar-refractivity contribution in [3.05, 3.63) is 84.2 Å². The van der Waals surface area contributed by atoms with Crippen LogP contribution in [0.2, 0.25) is 0 Å². The number of amides is 1. The summed E-state index contributed by atoms with van der Waals surface area (Å²) in [5.41, 5.74) is 6.43. The Morgan fingerprint density at radius 3 is 2.47 bits per heavy atom. The number of imidazole rings is 1. The van der Waals surface area contributed by atoms with Crippen LogP contribution in [-0.2, 0) is 0 Å². The molecule has 5 nitrogen and oxygen atoms in total. The van der Waals surface area contributed by atoms with E-state index in [-0.39, 0.29) is 5.91 Å². The number of aromatic nitrogens is 2. The van der Waals surface area contributed by atoms with Gasteiger partial charge in [-0.2, -0.15) is 0 Å². The summed E-state index contributed by atoms with van der Waals surface area (Å²) < 4.78 is 2.02. The van der Waals surface area contributed by atoms with Crippen LogP contribution in [0.5, 0.6) is 0 Å². The van der Waals surface area contributed by atoms with Gasteiger partial charge in [0.15, 0.2) is 0 Å². The number of nitrogens with zero attached hydrogens (tertiary/aromatic N) is 3. The Bertz CT molecular complexity index is 1180. The van der Waals surface area contributed by atoms with E-state index in [9.17, 15) is 4.79 Å².